The second-order valence-electron chi connectivity index (χ2n) is 5.83. The van der Waals surface area contributed by atoms with Crippen molar-refractivity contribution in [2.75, 3.05) is 0 Å². The quantitative estimate of drug-likeness (QED) is 0.475. The van der Waals surface area contributed by atoms with E-state index in [0.29, 0.717) is 33.7 Å². The van der Waals surface area contributed by atoms with Crippen LogP contribution in [0.1, 0.15) is 15.2 Å². The summed E-state index contributed by atoms with van der Waals surface area (Å²) in [6, 6.07) is 20.7. The number of thiophene rings is 1. The van der Waals surface area contributed by atoms with Gasteiger partial charge in [0.2, 0.25) is 5.89 Å². The largest absolute Gasteiger partial charge is 0.436 e. The minimum absolute atomic E-state index is 0.186. The van der Waals surface area contributed by atoms with Crippen molar-refractivity contribution in [2.24, 2.45) is 0 Å². The zero-order chi connectivity index (χ0) is 18.6. The van der Waals surface area contributed by atoms with Crippen molar-refractivity contribution in [2.45, 2.75) is 6.54 Å². The van der Waals surface area contributed by atoms with Crippen LogP contribution in [0.2, 0.25) is 4.34 Å². The van der Waals surface area contributed by atoms with Crippen molar-refractivity contribution in [1.82, 2.24) is 10.3 Å². The van der Waals surface area contributed by atoms with Gasteiger partial charge in [0, 0.05) is 16.0 Å². The summed E-state index contributed by atoms with van der Waals surface area (Å²) in [6.45, 7) is 0.422. The van der Waals surface area contributed by atoms with Crippen LogP contribution in [0.3, 0.4) is 0 Å². The van der Waals surface area contributed by atoms with E-state index < -0.39 is 0 Å². The number of aromatic nitrogens is 1. The fourth-order valence-corrected chi connectivity index (χ4v) is 3.74. The molecule has 4 rings (SSSR count). The highest BCUT2D eigenvalue weighted by molar-refractivity contribution is 7.16. The minimum Gasteiger partial charge on any atom is -0.436 e. The van der Waals surface area contributed by atoms with Crippen LogP contribution in [0.25, 0.3) is 22.8 Å². The summed E-state index contributed by atoms with van der Waals surface area (Å²) < 4.78 is 6.61. The van der Waals surface area contributed by atoms with Gasteiger partial charge in [-0.15, -0.1) is 11.3 Å². The number of hydrogen-bond acceptors (Lipinski definition) is 4. The predicted octanol–water partition coefficient (Wildman–Crippen LogP) is 5.65. The predicted molar refractivity (Wildman–Crippen MR) is 108 cm³/mol. The number of nitrogens with zero attached hydrogens (tertiary/aromatic N) is 1. The first-order chi connectivity index (χ1) is 13.2. The molecule has 0 unspecified atom stereocenters. The number of carbonyl (C=O) groups excluding carboxylic acids is 1. The molecule has 4 nitrogen and oxygen atoms in total. The Bertz CT molecular complexity index is 1070. The van der Waals surface area contributed by atoms with Gasteiger partial charge in [-0.05, 0) is 24.3 Å². The van der Waals surface area contributed by atoms with E-state index in [9.17, 15) is 4.79 Å². The molecule has 0 aliphatic carbocycles. The van der Waals surface area contributed by atoms with Crippen LogP contribution in [0, 0.1) is 0 Å². The lowest BCUT2D eigenvalue weighted by molar-refractivity contribution is 0.0951. The van der Waals surface area contributed by atoms with Crippen LogP contribution < -0.4 is 5.32 Å². The Morgan fingerprint density at radius 1 is 1.04 bits per heavy atom. The molecule has 0 aliphatic rings. The number of rotatable bonds is 5. The fourth-order valence-electron chi connectivity index (χ4n) is 2.71. The average Bonchev–Trinajstić information content (AvgIpc) is 3.36. The van der Waals surface area contributed by atoms with E-state index in [1.807, 2.05) is 60.7 Å². The third-order valence-corrected chi connectivity index (χ3v) is 5.25. The van der Waals surface area contributed by atoms with Crippen LogP contribution in [0.15, 0.2) is 77.3 Å². The number of oxazole rings is 1. The van der Waals surface area contributed by atoms with Gasteiger partial charge in [-0.25, -0.2) is 4.98 Å². The molecule has 0 bridgehead atoms. The van der Waals surface area contributed by atoms with Crippen molar-refractivity contribution >= 4 is 28.8 Å². The first-order valence-corrected chi connectivity index (χ1v) is 9.53. The third kappa shape index (κ3) is 3.94. The number of benzene rings is 2. The first kappa shape index (κ1) is 17.5. The summed E-state index contributed by atoms with van der Waals surface area (Å²) in [5, 5.41) is 2.92. The Balaban J connectivity index is 1.58. The number of carbonyl (C=O) groups is 1. The standard InChI is InChI=1S/C21H15ClN2O2S/c22-19-11-10-15(27-19)12-23-20(25)16-8-4-5-9-17(16)21-24-13-18(26-21)14-6-2-1-3-7-14/h1-11,13H,12H2,(H,23,25). The van der Waals surface area contributed by atoms with Crippen LogP contribution in [0.5, 0.6) is 0 Å². The molecule has 1 N–H and O–H groups in total. The normalized spacial score (nSPS) is 10.7. The number of nitrogens with one attached hydrogen (secondary N) is 1. The van der Waals surface area contributed by atoms with Crippen molar-refractivity contribution in [1.29, 1.82) is 0 Å². The van der Waals surface area contributed by atoms with E-state index in [1.54, 1.807) is 12.3 Å². The van der Waals surface area contributed by atoms with Gasteiger partial charge in [0.05, 0.1) is 22.6 Å². The lowest BCUT2D eigenvalue weighted by Gasteiger charge is -2.07. The van der Waals surface area contributed by atoms with Crippen molar-refractivity contribution in [3.8, 4) is 22.8 Å². The van der Waals surface area contributed by atoms with Crippen LogP contribution in [0.4, 0.5) is 0 Å². The van der Waals surface area contributed by atoms with Crippen molar-refractivity contribution in [3.63, 3.8) is 0 Å². The topological polar surface area (TPSA) is 55.1 Å². The third-order valence-electron chi connectivity index (χ3n) is 4.02. The van der Waals surface area contributed by atoms with Gasteiger partial charge in [-0.3, -0.25) is 4.79 Å². The van der Waals surface area contributed by atoms with E-state index in [2.05, 4.69) is 10.3 Å². The van der Waals surface area contributed by atoms with Crippen LogP contribution in [-0.2, 0) is 6.54 Å². The van der Waals surface area contributed by atoms with Gasteiger partial charge in [0.15, 0.2) is 5.76 Å². The maximum Gasteiger partial charge on any atom is 0.252 e. The highest BCUT2D eigenvalue weighted by Crippen LogP contribution is 2.28. The molecule has 1 amide bonds. The smallest absolute Gasteiger partial charge is 0.252 e. The second-order valence-corrected chi connectivity index (χ2v) is 7.63. The maximum absolute atomic E-state index is 12.7. The molecule has 0 fully saturated rings. The zero-order valence-electron chi connectivity index (χ0n) is 14.2. The van der Waals surface area contributed by atoms with Crippen molar-refractivity contribution < 1.29 is 9.21 Å². The Kier molecular flexibility index (Phi) is 5.05. The maximum atomic E-state index is 12.7. The number of hydrogen-bond donors (Lipinski definition) is 1. The molecule has 0 aliphatic heterocycles. The molecular formula is C21H15ClN2O2S. The molecule has 134 valence electrons. The molecule has 0 spiro atoms. The SMILES string of the molecule is O=C(NCc1ccc(Cl)s1)c1ccccc1-c1ncc(-c2ccccc2)o1. The zero-order valence-corrected chi connectivity index (χ0v) is 15.8. The monoisotopic (exact) mass is 394 g/mol. The fraction of sp³-hybridized carbons (Fsp3) is 0.0476. The van der Waals surface area contributed by atoms with E-state index in [4.69, 9.17) is 16.0 Å². The van der Waals surface area contributed by atoms with Gasteiger partial charge in [-0.1, -0.05) is 54.1 Å². The average molecular weight is 395 g/mol. The minimum atomic E-state index is -0.186. The highest BCUT2D eigenvalue weighted by Gasteiger charge is 2.17. The van der Waals surface area contributed by atoms with Crippen LogP contribution >= 0.6 is 22.9 Å². The lowest BCUT2D eigenvalue weighted by Crippen LogP contribution is -2.23. The molecule has 0 atom stereocenters. The summed E-state index contributed by atoms with van der Waals surface area (Å²) in [5.74, 6) is 0.891. The summed E-state index contributed by atoms with van der Waals surface area (Å²) in [7, 11) is 0. The second kappa shape index (κ2) is 7.78. The first-order valence-electron chi connectivity index (χ1n) is 8.34. The molecule has 6 heteroatoms. The van der Waals surface area contributed by atoms with E-state index >= 15 is 0 Å². The van der Waals surface area contributed by atoms with E-state index in [-0.39, 0.29) is 5.91 Å². The van der Waals surface area contributed by atoms with Gasteiger partial charge < -0.3 is 9.73 Å². The molecule has 2 aromatic heterocycles. The Morgan fingerprint density at radius 2 is 1.81 bits per heavy atom. The molecule has 0 saturated heterocycles. The molecule has 0 radical (unpaired) electrons. The van der Waals surface area contributed by atoms with E-state index in [0.717, 1.165) is 10.4 Å². The van der Waals surface area contributed by atoms with Gasteiger partial charge in [-0.2, -0.15) is 0 Å². The highest BCUT2D eigenvalue weighted by atomic mass is 35.5. The number of halogens is 1. The lowest BCUT2D eigenvalue weighted by atomic mass is 10.1. The number of amides is 1. The molecular weight excluding hydrogens is 380 g/mol. The Hall–Kier alpha value is -2.89. The Labute approximate surface area is 165 Å². The summed E-state index contributed by atoms with van der Waals surface area (Å²) in [6.07, 6.45) is 1.67. The van der Waals surface area contributed by atoms with Gasteiger partial charge in [0.25, 0.3) is 5.91 Å². The molecule has 2 heterocycles. The van der Waals surface area contributed by atoms with Gasteiger partial charge in [0.1, 0.15) is 0 Å². The van der Waals surface area contributed by atoms with Crippen LogP contribution in [-0.4, -0.2) is 10.9 Å². The molecule has 27 heavy (non-hydrogen) atoms. The Morgan fingerprint density at radius 3 is 2.59 bits per heavy atom. The summed E-state index contributed by atoms with van der Waals surface area (Å²) >= 11 is 7.38. The molecule has 4 aromatic rings. The summed E-state index contributed by atoms with van der Waals surface area (Å²) in [5.41, 5.74) is 2.11. The summed E-state index contributed by atoms with van der Waals surface area (Å²) in [4.78, 5) is 18.0. The molecule has 0 saturated carbocycles. The van der Waals surface area contributed by atoms with Crippen molar-refractivity contribution in [3.05, 3.63) is 87.7 Å². The van der Waals surface area contributed by atoms with E-state index in [1.165, 1.54) is 11.3 Å². The van der Waals surface area contributed by atoms with Gasteiger partial charge >= 0.3 is 0 Å². The molecule has 2 aromatic carbocycles.